The summed E-state index contributed by atoms with van der Waals surface area (Å²) in [5.41, 5.74) is 4.48. The summed E-state index contributed by atoms with van der Waals surface area (Å²) in [6, 6.07) is 14.8. The number of nitrogens with zero attached hydrogens (tertiary/aromatic N) is 6. The van der Waals surface area contributed by atoms with Crippen molar-refractivity contribution in [2.24, 2.45) is 4.99 Å². The van der Waals surface area contributed by atoms with Crippen LogP contribution in [0.2, 0.25) is 0 Å². The molecule has 1 atom stereocenters. The molecule has 1 aromatic heterocycles. The molecule has 1 saturated heterocycles. The van der Waals surface area contributed by atoms with Crippen LogP contribution in [-0.4, -0.2) is 65.5 Å². The summed E-state index contributed by atoms with van der Waals surface area (Å²) in [5, 5.41) is 6.64. The van der Waals surface area contributed by atoms with Gasteiger partial charge in [0.15, 0.2) is 0 Å². The molecular formula is C27H31FN8. The number of hydrogen-bond donors (Lipinski definition) is 2. The van der Waals surface area contributed by atoms with Gasteiger partial charge in [0, 0.05) is 26.2 Å². The van der Waals surface area contributed by atoms with Crippen molar-refractivity contribution in [3.05, 3.63) is 77.1 Å². The van der Waals surface area contributed by atoms with E-state index in [9.17, 15) is 4.39 Å². The van der Waals surface area contributed by atoms with Crippen LogP contribution in [0, 0.1) is 12.7 Å². The summed E-state index contributed by atoms with van der Waals surface area (Å²) in [4.78, 5) is 23.2. The van der Waals surface area contributed by atoms with E-state index in [1.54, 1.807) is 12.1 Å². The minimum absolute atomic E-state index is 0.113. The maximum Gasteiger partial charge on any atom is 0.234 e. The van der Waals surface area contributed by atoms with Crippen LogP contribution in [-0.2, 0) is 0 Å². The molecule has 0 amide bonds. The molecule has 0 aliphatic carbocycles. The van der Waals surface area contributed by atoms with Gasteiger partial charge in [-0.05, 0) is 55.8 Å². The lowest BCUT2D eigenvalue weighted by Crippen LogP contribution is -2.45. The van der Waals surface area contributed by atoms with Gasteiger partial charge < -0.3 is 20.4 Å². The van der Waals surface area contributed by atoms with Crippen LogP contribution in [0.15, 0.2) is 59.6 Å². The average Bonchev–Trinajstić information content (AvgIpc) is 3.33. The van der Waals surface area contributed by atoms with Crippen LogP contribution in [0.3, 0.4) is 0 Å². The van der Waals surface area contributed by atoms with Gasteiger partial charge in [-0.2, -0.15) is 15.0 Å². The molecule has 2 aliphatic rings. The third-order valence-corrected chi connectivity index (χ3v) is 6.52. The van der Waals surface area contributed by atoms with E-state index in [0.717, 1.165) is 48.7 Å². The Hall–Kier alpha value is -3.85. The number of aromatic nitrogens is 3. The molecule has 0 saturated carbocycles. The van der Waals surface area contributed by atoms with Crippen LogP contribution < -0.4 is 15.5 Å². The fraction of sp³-hybridized carbons (Fsp3) is 0.333. The van der Waals surface area contributed by atoms with E-state index in [-0.39, 0.29) is 11.9 Å². The number of aliphatic imine (C=N–C) groups is 1. The van der Waals surface area contributed by atoms with Crippen molar-refractivity contribution in [2.75, 3.05) is 55.3 Å². The molecule has 3 heterocycles. The highest BCUT2D eigenvalue weighted by molar-refractivity contribution is 6.10. The highest BCUT2D eigenvalue weighted by Crippen LogP contribution is 2.23. The van der Waals surface area contributed by atoms with E-state index in [2.05, 4.69) is 68.6 Å². The highest BCUT2D eigenvalue weighted by Gasteiger charge is 2.20. The van der Waals surface area contributed by atoms with Crippen molar-refractivity contribution in [1.29, 1.82) is 0 Å². The van der Waals surface area contributed by atoms with Gasteiger partial charge in [-0.25, -0.2) is 4.39 Å². The van der Waals surface area contributed by atoms with Crippen LogP contribution >= 0.6 is 0 Å². The summed E-state index contributed by atoms with van der Waals surface area (Å²) >= 11 is 0. The predicted molar refractivity (Wildman–Crippen MR) is 143 cm³/mol. The second-order valence-electron chi connectivity index (χ2n) is 9.35. The molecule has 0 radical (unpaired) electrons. The van der Waals surface area contributed by atoms with E-state index in [0.29, 0.717) is 24.4 Å². The first-order chi connectivity index (χ1) is 17.4. The molecule has 5 rings (SSSR count). The Morgan fingerprint density at radius 1 is 0.889 bits per heavy atom. The first-order valence-corrected chi connectivity index (χ1v) is 12.2. The van der Waals surface area contributed by atoms with E-state index < -0.39 is 0 Å². The summed E-state index contributed by atoms with van der Waals surface area (Å²) in [5.74, 6) is 1.98. The molecule has 9 heteroatoms. The normalized spacial score (nSPS) is 16.9. The Kier molecular flexibility index (Phi) is 6.90. The number of piperazine rings is 1. The summed E-state index contributed by atoms with van der Waals surface area (Å²) in [7, 11) is 2.12. The van der Waals surface area contributed by atoms with Crippen molar-refractivity contribution in [2.45, 2.75) is 19.9 Å². The van der Waals surface area contributed by atoms with E-state index in [4.69, 9.17) is 9.97 Å². The van der Waals surface area contributed by atoms with E-state index >= 15 is 0 Å². The van der Waals surface area contributed by atoms with Gasteiger partial charge in [0.05, 0.1) is 12.6 Å². The van der Waals surface area contributed by atoms with Crippen LogP contribution in [0.25, 0.3) is 5.57 Å². The van der Waals surface area contributed by atoms with E-state index in [1.165, 1.54) is 17.7 Å². The van der Waals surface area contributed by atoms with Crippen LogP contribution in [0.4, 0.5) is 22.2 Å². The number of anilines is 3. The highest BCUT2D eigenvalue weighted by atomic mass is 19.1. The maximum absolute atomic E-state index is 13.4. The van der Waals surface area contributed by atoms with Gasteiger partial charge in [-0.15, -0.1) is 0 Å². The van der Waals surface area contributed by atoms with Gasteiger partial charge in [0.1, 0.15) is 11.7 Å². The Balaban J connectivity index is 1.38. The van der Waals surface area contributed by atoms with Crippen molar-refractivity contribution < 1.29 is 4.39 Å². The first kappa shape index (κ1) is 23.9. The van der Waals surface area contributed by atoms with Gasteiger partial charge >= 0.3 is 0 Å². The Labute approximate surface area is 211 Å². The SMILES string of the molecule is Cc1ccc(C2=CC(Nc3nc(NC(C)c4ccc(F)cc4)nc(N4CCN(C)CC4)n3)=NC2)cc1. The third-order valence-electron chi connectivity index (χ3n) is 6.52. The standard InChI is InChI=1S/C27H31FN8/c1-18-4-6-21(7-5-18)22-16-24(29-17-22)31-26-32-25(30-19(2)20-8-10-23(28)11-9-20)33-27(34-26)36-14-12-35(3)13-15-36/h4-11,16,19H,12-15,17H2,1-3H3,(H2,29,30,31,32,33,34). The molecule has 0 spiro atoms. The second kappa shape index (κ2) is 10.4. The van der Waals surface area contributed by atoms with Crippen molar-refractivity contribution >= 4 is 29.3 Å². The van der Waals surface area contributed by atoms with Gasteiger partial charge in [-0.1, -0.05) is 42.0 Å². The predicted octanol–water partition coefficient (Wildman–Crippen LogP) is 4.15. The molecule has 3 aromatic rings. The molecule has 0 bridgehead atoms. The number of amidine groups is 1. The van der Waals surface area contributed by atoms with Crippen molar-refractivity contribution in [3.8, 4) is 0 Å². The lowest BCUT2D eigenvalue weighted by atomic mass is 10.1. The molecule has 2 aliphatic heterocycles. The summed E-state index contributed by atoms with van der Waals surface area (Å²) < 4.78 is 13.4. The third kappa shape index (κ3) is 5.68. The molecule has 36 heavy (non-hydrogen) atoms. The van der Waals surface area contributed by atoms with Crippen molar-refractivity contribution in [1.82, 2.24) is 19.9 Å². The van der Waals surface area contributed by atoms with Crippen LogP contribution in [0.1, 0.15) is 29.7 Å². The number of likely N-dealkylation sites (N-methyl/N-ethyl adjacent to an activating group) is 1. The fourth-order valence-electron chi connectivity index (χ4n) is 4.22. The zero-order valence-corrected chi connectivity index (χ0v) is 20.9. The monoisotopic (exact) mass is 486 g/mol. The molecule has 8 nitrogen and oxygen atoms in total. The number of benzene rings is 2. The quantitative estimate of drug-likeness (QED) is 0.542. The lowest BCUT2D eigenvalue weighted by Gasteiger charge is -2.32. The van der Waals surface area contributed by atoms with Gasteiger partial charge in [-0.3, -0.25) is 4.99 Å². The maximum atomic E-state index is 13.4. The zero-order valence-electron chi connectivity index (χ0n) is 20.9. The molecule has 2 aromatic carbocycles. The average molecular weight is 487 g/mol. The molecule has 2 N–H and O–H groups in total. The topological polar surface area (TPSA) is 81.6 Å². The van der Waals surface area contributed by atoms with Crippen LogP contribution in [0.5, 0.6) is 0 Å². The molecule has 1 fully saturated rings. The summed E-state index contributed by atoms with van der Waals surface area (Å²) in [6.45, 7) is 8.25. The number of rotatable bonds is 6. The van der Waals surface area contributed by atoms with Crippen molar-refractivity contribution in [3.63, 3.8) is 0 Å². The molecular weight excluding hydrogens is 455 g/mol. The molecule has 186 valence electrons. The molecule has 1 unspecified atom stereocenters. The lowest BCUT2D eigenvalue weighted by molar-refractivity contribution is 0.311. The zero-order chi connectivity index (χ0) is 25.1. The Morgan fingerprint density at radius 2 is 1.58 bits per heavy atom. The largest absolute Gasteiger partial charge is 0.348 e. The number of halogens is 1. The van der Waals surface area contributed by atoms with E-state index in [1.807, 2.05) is 13.0 Å². The van der Waals surface area contributed by atoms with Gasteiger partial charge in [0.25, 0.3) is 0 Å². The Bertz CT molecular complexity index is 1260. The minimum Gasteiger partial charge on any atom is -0.348 e. The number of aryl methyl sites for hydroxylation is 1. The van der Waals surface area contributed by atoms with Gasteiger partial charge in [0.2, 0.25) is 17.8 Å². The smallest absolute Gasteiger partial charge is 0.234 e. The number of hydrogen-bond acceptors (Lipinski definition) is 8. The summed E-state index contributed by atoms with van der Waals surface area (Å²) in [6.07, 6.45) is 2.04. The Morgan fingerprint density at radius 3 is 2.31 bits per heavy atom. The second-order valence-corrected chi connectivity index (χ2v) is 9.35. The number of nitrogens with one attached hydrogen (secondary N) is 2. The fourth-order valence-corrected chi connectivity index (χ4v) is 4.22. The minimum atomic E-state index is -0.259. The first-order valence-electron chi connectivity index (χ1n) is 12.2.